The van der Waals surface area contributed by atoms with Gasteiger partial charge >= 0.3 is 0 Å². The van der Waals surface area contributed by atoms with Crippen LogP contribution in [-0.2, 0) is 6.42 Å². The zero-order valence-corrected chi connectivity index (χ0v) is 16.4. The van der Waals surface area contributed by atoms with Gasteiger partial charge in [-0.05, 0) is 56.4 Å². The van der Waals surface area contributed by atoms with E-state index in [1.54, 1.807) is 19.2 Å². The number of hydroxylamine groups is 1. The fourth-order valence-corrected chi connectivity index (χ4v) is 3.08. The Morgan fingerprint density at radius 3 is 2.23 bits per heavy atom. The van der Waals surface area contributed by atoms with E-state index in [1.807, 2.05) is 12.1 Å². The van der Waals surface area contributed by atoms with Gasteiger partial charge in [-0.1, -0.05) is 31.6 Å². The minimum Gasteiger partial charge on any atom is -0.508 e. The van der Waals surface area contributed by atoms with Crippen LogP contribution in [0, 0.1) is 5.92 Å². The molecule has 5 nitrogen and oxygen atoms in total. The smallest absolute Gasteiger partial charge is 0.169 e. The Morgan fingerprint density at radius 1 is 1.15 bits per heavy atom. The molecule has 0 aliphatic rings. The maximum Gasteiger partial charge on any atom is 0.169 e. The first-order valence-corrected chi connectivity index (χ1v) is 8.86. The van der Waals surface area contributed by atoms with Crippen molar-refractivity contribution in [3.8, 4) is 16.9 Å². The van der Waals surface area contributed by atoms with Crippen molar-refractivity contribution in [1.82, 2.24) is 10.5 Å². The van der Waals surface area contributed by atoms with Gasteiger partial charge in [-0.2, -0.15) is 0 Å². The number of nitrogens with one attached hydrogen (secondary N) is 2. The number of benzene rings is 1. The van der Waals surface area contributed by atoms with Crippen LogP contribution in [0.5, 0.6) is 5.75 Å². The Labute approximate surface area is 155 Å². The van der Waals surface area contributed by atoms with Gasteiger partial charge in [0, 0.05) is 23.9 Å². The average Bonchev–Trinajstić information content (AvgIpc) is 2.94. The molecule has 0 radical (unpaired) electrons. The molecule has 0 aliphatic carbocycles. The number of hydrogen-bond donors (Lipinski definition) is 4. The van der Waals surface area contributed by atoms with E-state index in [0.717, 1.165) is 40.1 Å². The molecule has 0 unspecified atom stereocenters. The van der Waals surface area contributed by atoms with Crippen LogP contribution < -0.4 is 5.48 Å². The van der Waals surface area contributed by atoms with Crippen molar-refractivity contribution in [1.29, 1.82) is 0 Å². The normalized spacial score (nSPS) is 11.8. The summed E-state index contributed by atoms with van der Waals surface area (Å²) in [5, 5.41) is 19.2. The van der Waals surface area contributed by atoms with Crippen molar-refractivity contribution in [2.75, 3.05) is 7.05 Å². The van der Waals surface area contributed by atoms with Gasteiger partial charge in [-0.3, -0.25) is 15.7 Å². The van der Waals surface area contributed by atoms with E-state index in [-0.39, 0.29) is 5.75 Å². The summed E-state index contributed by atoms with van der Waals surface area (Å²) in [4.78, 5) is 7.66. The number of H-pyrrole nitrogens is 1. The molecule has 5 heteroatoms. The van der Waals surface area contributed by atoms with Gasteiger partial charge in [0.25, 0.3) is 0 Å². The molecule has 2 rings (SSSR count). The molecule has 0 bridgehead atoms. The Hall–Kier alpha value is -2.53. The molecule has 2 aromatic rings. The summed E-state index contributed by atoms with van der Waals surface area (Å²) in [5.74, 6) is 1.10. The Balaban J connectivity index is 2.88. The number of hydrogen-bond acceptors (Lipinski definition) is 3. The first-order valence-electron chi connectivity index (χ1n) is 8.86. The molecule has 1 aromatic carbocycles. The Kier molecular flexibility index (Phi) is 6.27. The van der Waals surface area contributed by atoms with Gasteiger partial charge in [0.05, 0.1) is 5.69 Å². The number of phenols is 1. The highest BCUT2D eigenvalue weighted by molar-refractivity contribution is 6.04. The Morgan fingerprint density at radius 2 is 1.77 bits per heavy atom. The molecule has 0 atom stereocenters. The van der Waals surface area contributed by atoms with E-state index in [1.165, 1.54) is 5.57 Å². The summed E-state index contributed by atoms with van der Waals surface area (Å²) in [6, 6.07) is 7.23. The predicted molar refractivity (Wildman–Crippen MR) is 108 cm³/mol. The lowest BCUT2D eigenvalue weighted by molar-refractivity contribution is 0.234. The summed E-state index contributed by atoms with van der Waals surface area (Å²) in [7, 11) is 1.64. The van der Waals surface area contributed by atoms with E-state index < -0.39 is 0 Å². The van der Waals surface area contributed by atoms with E-state index in [2.05, 4.69) is 50.1 Å². The van der Waals surface area contributed by atoms with E-state index >= 15 is 0 Å². The number of rotatable bonds is 5. The van der Waals surface area contributed by atoms with Crippen molar-refractivity contribution in [3.05, 3.63) is 46.8 Å². The molecule has 0 amide bonds. The third kappa shape index (κ3) is 3.99. The highest BCUT2D eigenvalue weighted by atomic mass is 16.5. The zero-order chi connectivity index (χ0) is 19.4. The van der Waals surface area contributed by atoms with Crippen LogP contribution in [0.4, 0.5) is 0 Å². The van der Waals surface area contributed by atoms with Gasteiger partial charge in [0.1, 0.15) is 5.75 Å². The van der Waals surface area contributed by atoms with Crippen LogP contribution in [0.25, 0.3) is 16.7 Å². The number of aromatic nitrogens is 1. The SMILES string of the molecule is CN=C(NO)c1[nH]c(CC(C)C)c(-c2ccc(O)cc2)c1C(C)=C(C)C. The van der Waals surface area contributed by atoms with Crippen molar-refractivity contribution in [3.63, 3.8) is 0 Å². The molecular weight excluding hydrogens is 326 g/mol. The van der Waals surface area contributed by atoms with Crippen LogP contribution in [0.3, 0.4) is 0 Å². The number of phenolic OH excluding ortho intramolecular Hbond substituents is 1. The Bertz CT molecular complexity index is 824. The summed E-state index contributed by atoms with van der Waals surface area (Å²) < 4.78 is 0. The lowest BCUT2D eigenvalue weighted by atomic mass is 9.91. The van der Waals surface area contributed by atoms with Gasteiger partial charge < -0.3 is 10.1 Å². The van der Waals surface area contributed by atoms with Crippen LogP contribution >= 0.6 is 0 Å². The molecule has 0 aliphatic heterocycles. The second-order valence-electron chi connectivity index (χ2n) is 7.18. The lowest BCUT2D eigenvalue weighted by Crippen LogP contribution is -2.22. The number of allylic oxidation sites excluding steroid dienone is 2. The number of nitrogens with zero attached hydrogens (tertiary/aromatic N) is 1. The number of aromatic hydroxyl groups is 1. The van der Waals surface area contributed by atoms with Crippen molar-refractivity contribution < 1.29 is 10.3 Å². The van der Waals surface area contributed by atoms with E-state index in [0.29, 0.717) is 11.8 Å². The predicted octanol–water partition coefficient (Wildman–Crippen LogP) is 4.75. The number of aliphatic imine (C=N–C) groups is 1. The first-order chi connectivity index (χ1) is 12.3. The summed E-state index contributed by atoms with van der Waals surface area (Å²) in [6.45, 7) is 10.6. The second kappa shape index (κ2) is 8.23. The van der Waals surface area contributed by atoms with Crippen LogP contribution in [0.15, 0.2) is 34.8 Å². The summed E-state index contributed by atoms with van der Waals surface area (Å²) in [6.07, 6.45) is 0.863. The molecule has 4 N–H and O–H groups in total. The monoisotopic (exact) mass is 355 g/mol. The zero-order valence-electron chi connectivity index (χ0n) is 16.4. The maximum atomic E-state index is 9.68. The largest absolute Gasteiger partial charge is 0.508 e. The summed E-state index contributed by atoms with van der Waals surface area (Å²) >= 11 is 0. The van der Waals surface area contributed by atoms with Gasteiger partial charge in [-0.15, -0.1) is 0 Å². The minimum absolute atomic E-state index is 0.239. The number of aromatic amines is 1. The third-order valence-electron chi connectivity index (χ3n) is 4.54. The number of amidine groups is 1. The maximum absolute atomic E-state index is 9.68. The van der Waals surface area contributed by atoms with Gasteiger partial charge in [-0.25, -0.2) is 0 Å². The molecular formula is C21H29N3O2. The molecule has 0 saturated heterocycles. The first kappa shape index (κ1) is 19.8. The van der Waals surface area contributed by atoms with E-state index in [9.17, 15) is 10.3 Å². The molecule has 26 heavy (non-hydrogen) atoms. The van der Waals surface area contributed by atoms with Crippen molar-refractivity contribution in [2.45, 2.75) is 41.0 Å². The van der Waals surface area contributed by atoms with Gasteiger partial charge in [0.15, 0.2) is 5.84 Å². The van der Waals surface area contributed by atoms with Crippen LogP contribution in [0.2, 0.25) is 0 Å². The summed E-state index contributed by atoms with van der Waals surface area (Å²) in [5.41, 5.74) is 9.52. The van der Waals surface area contributed by atoms with Crippen molar-refractivity contribution in [2.24, 2.45) is 10.9 Å². The van der Waals surface area contributed by atoms with E-state index in [4.69, 9.17) is 0 Å². The topological polar surface area (TPSA) is 80.6 Å². The average molecular weight is 355 g/mol. The van der Waals surface area contributed by atoms with Crippen LogP contribution in [-0.4, -0.2) is 28.2 Å². The standard InChI is InChI=1S/C21H29N3O2/c1-12(2)11-17-19(15-7-9-16(25)10-8-15)18(14(5)13(3)4)20(23-17)21(22-6)24-26/h7-10,12,23,25-26H,11H2,1-6H3,(H,22,24). The molecule has 140 valence electrons. The molecule has 1 aromatic heterocycles. The second-order valence-corrected chi connectivity index (χ2v) is 7.18. The minimum atomic E-state index is 0.239. The lowest BCUT2D eigenvalue weighted by Gasteiger charge is -2.13. The third-order valence-corrected chi connectivity index (χ3v) is 4.54. The van der Waals surface area contributed by atoms with Gasteiger partial charge in [0.2, 0.25) is 0 Å². The fourth-order valence-electron chi connectivity index (χ4n) is 3.08. The fraction of sp³-hybridized carbons (Fsp3) is 0.381. The van der Waals surface area contributed by atoms with Crippen LogP contribution in [0.1, 0.15) is 51.6 Å². The molecule has 1 heterocycles. The highest BCUT2D eigenvalue weighted by Crippen LogP contribution is 2.38. The molecule has 0 spiro atoms. The van der Waals surface area contributed by atoms with Crippen molar-refractivity contribution >= 4 is 11.4 Å². The molecule has 0 fully saturated rings. The quantitative estimate of drug-likeness (QED) is 0.355. The molecule has 0 saturated carbocycles. The highest BCUT2D eigenvalue weighted by Gasteiger charge is 2.23.